The zero-order valence-electron chi connectivity index (χ0n) is 8.22. The Hall–Kier alpha value is 0.130. The largest absolute Gasteiger partial charge is 0.153 e. The minimum atomic E-state index is 0. The van der Waals surface area contributed by atoms with Gasteiger partial charge in [-0.3, -0.25) is 0 Å². The van der Waals surface area contributed by atoms with Crippen LogP contribution in [0.2, 0.25) is 0 Å². The van der Waals surface area contributed by atoms with Crippen molar-refractivity contribution in [2.45, 2.75) is 32.6 Å². The van der Waals surface area contributed by atoms with Gasteiger partial charge in [-0.05, 0) is 24.5 Å². The van der Waals surface area contributed by atoms with Crippen LogP contribution in [-0.2, 0) is 6.42 Å². The maximum Gasteiger partial charge on any atom is 0.0207 e. The van der Waals surface area contributed by atoms with Gasteiger partial charge in [0.05, 0.1) is 0 Å². The summed E-state index contributed by atoms with van der Waals surface area (Å²) in [6, 6.07) is 8.47. The lowest BCUT2D eigenvalue weighted by Gasteiger charge is -2.02. The number of unbranched alkanes of at least 4 members (excludes halogenated alkanes) is 2. The second-order valence-electron chi connectivity index (χ2n) is 3.05. The molecule has 13 heavy (non-hydrogen) atoms. The zero-order valence-corrected chi connectivity index (χ0v) is 11.2. The van der Waals surface area contributed by atoms with E-state index in [2.05, 4.69) is 47.1 Å². The van der Waals surface area contributed by atoms with Gasteiger partial charge in [0.2, 0.25) is 0 Å². The molecule has 1 aromatic carbocycles. The van der Waals surface area contributed by atoms with Gasteiger partial charge in [0.1, 0.15) is 0 Å². The van der Waals surface area contributed by atoms with Crippen molar-refractivity contribution < 1.29 is 0 Å². The number of hydrogen-bond donors (Lipinski definition) is 0. The summed E-state index contributed by atoms with van der Waals surface area (Å²) < 4.78 is 1.25. The fourth-order valence-electron chi connectivity index (χ4n) is 1.27. The normalized spacial score (nSPS) is 9.38. The molecule has 0 amide bonds. The summed E-state index contributed by atoms with van der Waals surface area (Å²) >= 11 is 3.55. The lowest BCUT2D eigenvalue weighted by atomic mass is 10.1. The van der Waals surface area contributed by atoms with Crippen LogP contribution in [0.1, 0.15) is 31.7 Å². The lowest BCUT2D eigenvalue weighted by molar-refractivity contribution is 0.716. The first kappa shape index (κ1) is 13.1. The molecule has 0 nitrogen and oxygen atoms in total. The van der Waals surface area contributed by atoms with E-state index in [0.29, 0.717) is 0 Å². The third-order valence-corrected chi connectivity index (χ3v) is 2.78. The summed E-state index contributed by atoms with van der Waals surface area (Å²) in [4.78, 5) is 0. The van der Waals surface area contributed by atoms with Crippen LogP contribution < -0.4 is 0 Å². The van der Waals surface area contributed by atoms with Crippen molar-refractivity contribution in [1.82, 2.24) is 0 Å². The Morgan fingerprint density at radius 3 is 2.46 bits per heavy atom. The van der Waals surface area contributed by atoms with E-state index in [-0.39, 0.29) is 9.90 Å². The van der Waals surface area contributed by atoms with Gasteiger partial charge in [0.25, 0.3) is 0 Å². The SMILES string of the molecule is CCCCCc1ccccc1Br.P. The first-order valence-electron chi connectivity index (χ1n) is 4.58. The summed E-state index contributed by atoms with van der Waals surface area (Å²) in [5, 5.41) is 0. The van der Waals surface area contributed by atoms with E-state index in [1.165, 1.54) is 35.7 Å². The van der Waals surface area contributed by atoms with Crippen LogP contribution >= 0.6 is 25.8 Å². The van der Waals surface area contributed by atoms with Crippen LogP contribution in [0.25, 0.3) is 0 Å². The van der Waals surface area contributed by atoms with Crippen LogP contribution in [0.3, 0.4) is 0 Å². The van der Waals surface area contributed by atoms with Crippen molar-refractivity contribution in [2.24, 2.45) is 0 Å². The van der Waals surface area contributed by atoms with Crippen LogP contribution in [0.15, 0.2) is 28.7 Å². The van der Waals surface area contributed by atoms with Gasteiger partial charge in [-0.25, -0.2) is 0 Å². The highest BCUT2D eigenvalue weighted by Gasteiger charge is 1.96. The average molecular weight is 261 g/mol. The maximum atomic E-state index is 3.55. The van der Waals surface area contributed by atoms with Crippen molar-refractivity contribution in [3.8, 4) is 0 Å². The molecule has 2 heteroatoms. The molecule has 0 aliphatic rings. The summed E-state index contributed by atoms with van der Waals surface area (Å²) in [5.41, 5.74) is 1.44. The molecule has 0 spiro atoms. The van der Waals surface area contributed by atoms with Crippen molar-refractivity contribution in [3.05, 3.63) is 34.3 Å². The number of halogens is 1. The van der Waals surface area contributed by atoms with Gasteiger partial charge < -0.3 is 0 Å². The van der Waals surface area contributed by atoms with Gasteiger partial charge in [-0.1, -0.05) is 53.9 Å². The summed E-state index contributed by atoms with van der Waals surface area (Å²) in [7, 11) is 0. The topological polar surface area (TPSA) is 0 Å². The quantitative estimate of drug-likeness (QED) is 0.561. The highest BCUT2D eigenvalue weighted by Crippen LogP contribution is 2.18. The number of benzene rings is 1. The maximum absolute atomic E-state index is 3.55. The Balaban J connectivity index is 0.00000144. The predicted molar refractivity (Wildman–Crippen MR) is 68.5 cm³/mol. The smallest absolute Gasteiger partial charge is 0.0207 e. The van der Waals surface area contributed by atoms with E-state index < -0.39 is 0 Å². The predicted octanol–water partition coefficient (Wildman–Crippen LogP) is 4.24. The Labute approximate surface area is 92.9 Å². The van der Waals surface area contributed by atoms with Crippen LogP contribution in [0.4, 0.5) is 0 Å². The Morgan fingerprint density at radius 2 is 1.85 bits per heavy atom. The van der Waals surface area contributed by atoms with E-state index in [9.17, 15) is 0 Å². The van der Waals surface area contributed by atoms with E-state index in [1.807, 2.05) is 0 Å². The van der Waals surface area contributed by atoms with Gasteiger partial charge >= 0.3 is 0 Å². The summed E-state index contributed by atoms with van der Waals surface area (Å²) in [5.74, 6) is 0. The van der Waals surface area contributed by atoms with E-state index >= 15 is 0 Å². The molecule has 0 heterocycles. The minimum absolute atomic E-state index is 0. The Bertz CT molecular complexity index is 235. The average Bonchev–Trinajstić information content (AvgIpc) is 2.09. The molecule has 74 valence electrons. The van der Waals surface area contributed by atoms with Gasteiger partial charge in [-0.2, -0.15) is 9.90 Å². The molecule has 0 saturated carbocycles. The lowest BCUT2D eigenvalue weighted by Crippen LogP contribution is -1.85. The molecule has 0 aliphatic carbocycles. The third-order valence-electron chi connectivity index (χ3n) is 2.01. The molecule has 0 aliphatic heterocycles. The molecule has 0 radical (unpaired) electrons. The fraction of sp³-hybridized carbons (Fsp3) is 0.455. The molecule has 1 rings (SSSR count). The van der Waals surface area contributed by atoms with E-state index in [4.69, 9.17) is 0 Å². The fourth-order valence-corrected chi connectivity index (χ4v) is 1.75. The number of rotatable bonds is 4. The molecule has 0 fully saturated rings. The van der Waals surface area contributed by atoms with E-state index in [0.717, 1.165) is 0 Å². The molecule has 1 unspecified atom stereocenters. The van der Waals surface area contributed by atoms with Crippen LogP contribution in [0, 0.1) is 0 Å². The third kappa shape index (κ3) is 4.78. The molecular formula is C11H18BrP. The standard InChI is InChI=1S/C11H15Br.H3P/c1-2-3-4-7-10-8-5-6-9-11(10)12;/h5-6,8-9H,2-4,7H2,1H3;1H3. The van der Waals surface area contributed by atoms with Crippen molar-refractivity contribution in [3.63, 3.8) is 0 Å². The van der Waals surface area contributed by atoms with E-state index in [1.54, 1.807) is 0 Å². The summed E-state index contributed by atoms with van der Waals surface area (Å²) in [6.07, 6.45) is 5.14. The van der Waals surface area contributed by atoms with Crippen molar-refractivity contribution in [1.29, 1.82) is 0 Å². The number of aryl methyl sites for hydroxylation is 1. The molecular weight excluding hydrogens is 243 g/mol. The Morgan fingerprint density at radius 1 is 1.15 bits per heavy atom. The Kier molecular flexibility index (Phi) is 7.60. The molecule has 1 aromatic rings. The second kappa shape index (κ2) is 7.53. The van der Waals surface area contributed by atoms with Gasteiger partial charge in [-0.15, -0.1) is 0 Å². The summed E-state index contributed by atoms with van der Waals surface area (Å²) in [6.45, 7) is 2.24. The van der Waals surface area contributed by atoms with Crippen molar-refractivity contribution in [2.75, 3.05) is 0 Å². The molecule has 0 aromatic heterocycles. The van der Waals surface area contributed by atoms with Crippen LogP contribution in [0.5, 0.6) is 0 Å². The zero-order chi connectivity index (χ0) is 8.81. The number of hydrogen-bond acceptors (Lipinski definition) is 0. The van der Waals surface area contributed by atoms with Crippen LogP contribution in [-0.4, -0.2) is 0 Å². The van der Waals surface area contributed by atoms with Gasteiger partial charge in [0, 0.05) is 4.47 Å². The van der Waals surface area contributed by atoms with Gasteiger partial charge in [0.15, 0.2) is 0 Å². The highest BCUT2D eigenvalue weighted by molar-refractivity contribution is 9.10. The van der Waals surface area contributed by atoms with Crippen molar-refractivity contribution >= 4 is 25.8 Å². The highest BCUT2D eigenvalue weighted by atomic mass is 79.9. The molecule has 0 saturated heterocycles. The molecule has 0 bridgehead atoms. The first-order chi connectivity index (χ1) is 5.84. The second-order valence-corrected chi connectivity index (χ2v) is 3.90. The first-order valence-corrected chi connectivity index (χ1v) is 5.37. The molecule has 1 atom stereocenters. The minimum Gasteiger partial charge on any atom is -0.153 e. The monoisotopic (exact) mass is 260 g/mol. The molecule has 0 N–H and O–H groups in total.